The molecule has 0 saturated carbocycles. The van der Waals surface area contributed by atoms with Gasteiger partial charge in [0.2, 0.25) is 0 Å². The molecular formula is C19H21NO4. The maximum absolute atomic E-state index is 12.6. The summed E-state index contributed by atoms with van der Waals surface area (Å²) >= 11 is 0. The maximum Gasteiger partial charge on any atom is 0.253 e. The highest BCUT2D eigenvalue weighted by Gasteiger charge is 2.15. The van der Waals surface area contributed by atoms with Gasteiger partial charge in [-0.1, -0.05) is 12.1 Å². The van der Waals surface area contributed by atoms with E-state index in [1.165, 1.54) is 4.90 Å². The number of carbonyl (C=O) groups excluding carboxylic acids is 1. The first-order valence-corrected chi connectivity index (χ1v) is 7.40. The molecule has 0 unspecified atom stereocenters. The smallest absolute Gasteiger partial charge is 0.253 e. The van der Waals surface area contributed by atoms with Crippen LogP contribution in [0.1, 0.15) is 11.1 Å². The summed E-state index contributed by atoms with van der Waals surface area (Å²) in [6, 6.07) is 11.9. The Hall–Kier alpha value is -2.95. The van der Waals surface area contributed by atoms with Crippen LogP contribution in [0.2, 0.25) is 0 Å². The Labute approximate surface area is 141 Å². The van der Waals surface area contributed by atoms with E-state index >= 15 is 0 Å². The normalized spacial score (nSPS) is 11.1. The number of phenols is 1. The van der Waals surface area contributed by atoms with Crippen LogP contribution in [0.3, 0.4) is 0 Å². The fourth-order valence-corrected chi connectivity index (χ4v) is 2.23. The number of likely N-dealkylation sites (N-methyl/N-ethyl adjacent to an activating group) is 1. The van der Waals surface area contributed by atoms with Crippen LogP contribution in [0.25, 0.3) is 11.6 Å². The molecular weight excluding hydrogens is 306 g/mol. The van der Waals surface area contributed by atoms with E-state index in [0.29, 0.717) is 22.6 Å². The van der Waals surface area contributed by atoms with E-state index in [0.717, 1.165) is 5.56 Å². The number of benzene rings is 2. The molecule has 0 aliphatic heterocycles. The van der Waals surface area contributed by atoms with E-state index in [1.807, 2.05) is 12.1 Å². The third-order valence-electron chi connectivity index (χ3n) is 3.50. The minimum Gasteiger partial charge on any atom is -0.508 e. The second kappa shape index (κ2) is 7.55. The van der Waals surface area contributed by atoms with Crippen LogP contribution in [0.5, 0.6) is 17.2 Å². The highest BCUT2D eigenvalue weighted by atomic mass is 16.5. The van der Waals surface area contributed by atoms with Crippen molar-refractivity contribution in [1.82, 2.24) is 4.90 Å². The molecule has 0 radical (unpaired) electrons. The Morgan fingerprint density at radius 3 is 2.00 bits per heavy atom. The molecule has 2 rings (SSSR count). The minimum absolute atomic E-state index is 0.137. The van der Waals surface area contributed by atoms with E-state index in [9.17, 15) is 9.90 Å². The van der Waals surface area contributed by atoms with E-state index in [-0.39, 0.29) is 11.7 Å². The first-order valence-electron chi connectivity index (χ1n) is 7.40. The first-order chi connectivity index (χ1) is 11.4. The van der Waals surface area contributed by atoms with Crippen molar-refractivity contribution < 1.29 is 19.4 Å². The minimum atomic E-state index is -0.137. The molecule has 0 fully saturated rings. The van der Waals surface area contributed by atoms with Gasteiger partial charge in [0, 0.05) is 25.7 Å². The number of nitrogens with zero attached hydrogens (tertiary/aromatic N) is 1. The van der Waals surface area contributed by atoms with Crippen molar-refractivity contribution in [2.75, 3.05) is 28.3 Å². The lowest BCUT2D eigenvalue weighted by Crippen LogP contribution is -2.22. The third kappa shape index (κ3) is 4.07. The van der Waals surface area contributed by atoms with Gasteiger partial charge in [-0.25, -0.2) is 0 Å². The maximum atomic E-state index is 12.6. The zero-order chi connectivity index (χ0) is 17.7. The third-order valence-corrected chi connectivity index (χ3v) is 3.50. The predicted molar refractivity (Wildman–Crippen MR) is 94.2 cm³/mol. The average molecular weight is 327 g/mol. The standard InChI is InChI=1S/C19H21NO4/c1-20(2)19(22)18(14-5-7-15(21)8-6-14)11-13-9-16(23-3)12-17(10-13)24-4/h5-12,21H,1-4H3/b18-11+. The number of hydrogen-bond acceptors (Lipinski definition) is 4. The predicted octanol–water partition coefficient (Wildman–Crippen LogP) is 3.04. The summed E-state index contributed by atoms with van der Waals surface area (Å²) in [7, 11) is 6.55. The van der Waals surface area contributed by atoms with Gasteiger partial charge in [-0.15, -0.1) is 0 Å². The number of aromatic hydroxyl groups is 1. The molecule has 0 bridgehead atoms. The van der Waals surface area contributed by atoms with E-state index in [1.54, 1.807) is 64.7 Å². The highest BCUT2D eigenvalue weighted by Crippen LogP contribution is 2.27. The SMILES string of the molecule is COc1cc(/C=C(/C(=O)N(C)C)c2ccc(O)cc2)cc(OC)c1. The van der Waals surface area contributed by atoms with Crippen molar-refractivity contribution in [1.29, 1.82) is 0 Å². The molecule has 0 aliphatic rings. The summed E-state index contributed by atoms with van der Waals surface area (Å²) < 4.78 is 10.5. The molecule has 1 N–H and O–H groups in total. The second-order valence-corrected chi connectivity index (χ2v) is 5.45. The molecule has 5 nitrogen and oxygen atoms in total. The van der Waals surface area contributed by atoms with E-state index in [2.05, 4.69) is 0 Å². The summed E-state index contributed by atoms with van der Waals surface area (Å²) in [5.74, 6) is 1.30. The van der Waals surface area contributed by atoms with Crippen LogP contribution < -0.4 is 9.47 Å². The Bertz CT molecular complexity index is 726. The lowest BCUT2D eigenvalue weighted by atomic mass is 10.0. The monoisotopic (exact) mass is 327 g/mol. The van der Waals surface area contributed by atoms with Gasteiger partial charge in [-0.3, -0.25) is 4.79 Å². The molecule has 126 valence electrons. The van der Waals surface area contributed by atoms with Crippen LogP contribution in [-0.2, 0) is 4.79 Å². The molecule has 5 heteroatoms. The highest BCUT2D eigenvalue weighted by molar-refractivity contribution is 6.24. The van der Waals surface area contributed by atoms with Crippen LogP contribution in [0.4, 0.5) is 0 Å². The fourth-order valence-electron chi connectivity index (χ4n) is 2.23. The lowest BCUT2D eigenvalue weighted by molar-refractivity contribution is -0.122. The van der Waals surface area contributed by atoms with Gasteiger partial charge in [-0.2, -0.15) is 0 Å². The zero-order valence-electron chi connectivity index (χ0n) is 14.2. The summed E-state index contributed by atoms with van der Waals surface area (Å²) in [6.07, 6.45) is 1.78. The van der Waals surface area contributed by atoms with Crippen molar-refractivity contribution in [3.05, 3.63) is 53.6 Å². The molecule has 0 atom stereocenters. The Morgan fingerprint density at radius 2 is 1.54 bits per heavy atom. The molecule has 1 amide bonds. The van der Waals surface area contributed by atoms with Crippen molar-refractivity contribution in [3.8, 4) is 17.2 Å². The Balaban J connectivity index is 2.56. The number of methoxy groups -OCH3 is 2. The molecule has 2 aromatic carbocycles. The number of hydrogen-bond donors (Lipinski definition) is 1. The van der Waals surface area contributed by atoms with Crippen molar-refractivity contribution in [2.24, 2.45) is 0 Å². The van der Waals surface area contributed by atoms with Gasteiger partial charge in [0.25, 0.3) is 5.91 Å². The lowest BCUT2D eigenvalue weighted by Gasteiger charge is -2.15. The fraction of sp³-hybridized carbons (Fsp3) is 0.211. The number of ether oxygens (including phenoxy) is 2. The summed E-state index contributed by atoms with van der Waals surface area (Å²) in [4.78, 5) is 14.1. The molecule has 2 aromatic rings. The van der Waals surface area contributed by atoms with Gasteiger partial charge in [-0.05, 0) is 41.5 Å². The molecule has 0 heterocycles. The topological polar surface area (TPSA) is 59.0 Å². The molecule has 24 heavy (non-hydrogen) atoms. The summed E-state index contributed by atoms with van der Waals surface area (Å²) in [5, 5.41) is 9.46. The van der Waals surface area contributed by atoms with E-state index < -0.39 is 0 Å². The average Bonchev–Trinajstić information content (AvgIpc) is 2.59. The van der Waals surface area contributed by atoms with Gasteiger partial charge >= 0.3 is 0 Å². The van der Waals surface area contributed by atoms with Gasteiger partial charge < -0.3 is 19.5 Å². The molecule has 0 spiro atoms. The van der Waals surface area contributed by atoms with Crippen molar-refractivity contribution >= 4 is 17.6 Å². The molecule has 0 aromatic heterocycles. The van der Waals surface area contributed by atoms with Crippen LogP contribution in [-0.4, -0.2) is 44.2 Å². The van der Waals surface area contributed by atoms with Gasteiger partial charge in [0.1, 0.15) is 17.2 Å². The van der Waals surface area contributed by atoms with Crippen LogP contribution >= 0.6 is 0 Å². The molecule has 0 aliphatic carbocycles. The van der Waals surface area contributed by atoms with Gasteiger partial charge in [0.05, 0.1) is 14.2 Å². The summed E-state index contributed by atoms with van der Waals surface area (Å²) in [6.45, 7) is 0. The Morgan fingerprint density at radius 1 is 1.00 bits per heavy atom. The number of carbonyl (C=O) groups is 1. The number of amides is 1. The summed E-state index contributed by atoms with van der Waals surface area (Å²) in [5.41, 5.74) is 2.01. The van der Waals surface area contributed by atoms with E-state index in [4.69, 9.17) is 9.47 Å². The Kier molecular flexibility index (Phi) is 5.47. The van der Waals surface area contributed by atoms with Crippen LogP contribution in [0, 0.1) is 0 Å². The quantitative estimate of drug-likeness (QED) is 0.677. The van der Waals surface area contributed by atoms with Crippen LogP contribution in [0.15, 0.2) is 42.5 Å². The van der Waals surface area contributed by atoms with Crippen molar-refractivity contribution in [2.45, 2.75) is 0 Å². The van der Waals surface area contributed by atoms with Crippen molar-refractivity contribution in [3.63, 3.8) is 0 Å². The molecule has 0 saturated heterocycles. The first kappa shape index (κ1) is 17.4. The number of rotatable bonds is 5. The second-order valence-electron chi connectivity index (χ2n) is 5.45. The van der Waals surface area contributed by atoms with Gasteiger partial charge in [0.15, 0.2) is 0 Å². The number of phenolic OH excluding ortho intramolecular Hbond substituents is 1. The zero-order valence-corrected chi connectivity index (χ0v) is 14.2. The largest absolute Gasteiger partial charge is 0.508 e.